The first-order valence-corrected chi connectivity index (χ1v) is 6.12. The summed E-state index contributed by atoms with van der Waals surface area (Å²) in [6.45, 7) is 6.60. The highest BCUT2D eigenvalue weighted by Crippen LogP contribution is 2.17. The van der Waals surface area contributed by atoms with Crippen LogP contribution in [0.2, 0.25) is 0 Å². The van der Waals surface area contributed by atoms with Gasteiger partial charge in [-0.2, -0.15) is 5.10 Å². The SMILES string of the molecule is CCc1cc(CC(C)C(C)Br)n(C)n1. The maximum atomic E-state index is 4.44. The molecule has 0 saturated carbocycles. The summed E-state index contributed by atoms with van der Waals surface area (Å²) in [5.41, 5.74) is 2.53. The van der Waals surface area contributed by atoms with Crippen molar-refractivity contribution >= 4 is 15.9 Å². The zero-order valence-electron chi connectivity index (χ0n) is 9.42. The average molecular weight is 259 g/mol. The van der Waals surface area contributed by atoms with Gasteiger partial charge in [0.05, 0.1) is 5.69 Å². The van der Waals surface area contributed by atoms with Crippen molar-refractivity contribution in [3.8, 4) is 0 Å². The zero-order chi connectivity index (χ0) is 10.7. The molecule has 1 aromatic heterocycles. The van der Waals surface area contributed by atoms with E-state index in [1.807, 2.05) is 11.7 Å². The number of alkyl halides is 1. The Morgan fingerprint density at radius 2 is 2.14 bits per heavy atom. The van der Waals surface area contributed by atoms with E-state index >= 15 is 0 Å². The third-order valence-corrected chi connectivity index (χ3v) is 3.61. The van der Waals surface area contributed by atoms with E-state index in [2.05, 4.69) is 47.9 Å². The lowest BCUT2D eigenvalue weighted by atomic mass is 10.0. The molecular formula is C11H19BrN2. The minimum atomic E-state index is 0.558. The molecule has 0 spiro atoms. The number of halogens is 1. The quantitative estimate of drug-likeness (QED) is 0.760. The first-order chi connectivity index (χ1) is 6.54. The van der Waals surface area contributed by atoms with Crippen LogP contribution in [-0.4, -0.2) is 14.6 Å². The first-order valence-electron chi connectivity index (χ1n) is 5.20. The van der Waals surface area contributed by atoms with Gasteiger partial charge in [0.1, 0.15) is 0 Å². The van der Waals surface area contributed by atoms with Gasteiger partial charge in [-0.25, -0.2) is 0 Å². The lowest BCUT2D eigenvalue weighted by Gasteiger charge is -2.13. The number of aromatic nitrogens is 2. The third kappa shape index (κ3) is 2.84. The van der Waals surface area contributed by atoms with Gasteiger partial charge >= 0.3 is 0 Å². The molecule has 2 atom stereocenters. The van der Waals surface area contributed by atoms with Gasteiger partial charge in [-0.1, -0.05) is 36.7 Å². The molecule has 14 heavy (non-hydrogen) atoms. The number of rotatable bonds is 4. The molecule has 0 N–H and O–H groups in total. The molecular weight excluding hydrogens is 240 g/mol. The highest BCUT2D eigenvalue weighted by atomic mass is 79.9. The lowest BCUT2D eigenvalue weighted by Crippen LogP contribution is -2.12. The van der Waals surface area contributed by atoms with Crippen molar-refractivity contribution in [1.82, 2.24) is 9.78 Å². The standard InChI is InChI=1S/C11H19BrN2/c1-5-10-7-11(14(4)13-10)6-8(2)9(3)12/h7-9H,5-6H2,1-4H3. The predicted molar refractivity (Wildman–Crippen MR) is 63.8 cm³/mol. The third-order valence-electron chi connectivity index (χ3n) is 2.70. The molecule has 1 rings (SSSR count). The predicted octanol–water partition coefficient (Wildman–Crippen LogP) is 2.94. The molecule has 0 saturated heterocycles. The summed E-state index contributed by atoms with van der Waals surface area (Å²) in [7, 11) is 2.03. The fourth-order valence-corrected chi connectivity index (χ4v) is 1.61. The van der Waals surface area contributed by atoms with E-state index in [1.165, 1.54) is 11.4 Å². The molecule has 80 valence electrons. The lowest BCUT2D eigenvalue weighted by molar-refractivity contribution is 0.549. The second-order valence-electron chi connectivity index (χ2n) is 3.96. The maximum absolute atomic E-state index is 4.44. The van der Waals surface area contributed by atoms with E-state index in [0.717, 1.165) is 12.8 Å². The number of aryl methyl sites for hydroxylation is 2. The van der Waals surface area contributed by atoms with Crippen molar-refractivity contribution in [2.45, 2.75) is 38.4 Å². The summed E-state index contributed by atoms with van der Waals surface area (Å²) in [5.74, 6) is 0.648. The van der Waals surface area contributed by atoms with Crippen LogP contribution in [-0.2, 0) is 19.9 Å². The van der Waals surface area contributed by atoms with Crippen LogP contribution in [0.1, 0.15) is 32.2 Å². The van der Waals surface area contributed by atoms with E-state index in [0.29, 0.717) is 10.7 Å². The summed E-state index contributed by atoms with van der Waals surface area (Å²) < 4.78 is 2.00. The van der Waals surface area contributed by atoms with Gasteiger partial charge in [-0.05, 0) is 24.8 Å². The van der Waals surface area contributed by atoms with Crippen LogP contribution >= 0.6 is 15.9 Å². The second kappa shape index (κ2) is 4.96. The first kappa shape index (κ1) is 11.8. The van der Waals surface area contributed by atoms with Gasteiger partial charge < -0.3 is 0 Å². The second-order valence-corrected chi connectivity index (χ2v) is 5.41. The van der Waals surface area contributed by atoms with Gasteiger partial charge in [-0.15, -0.1) is 0 Å². The van der Waals surface area contributed by atoms with E-state index in [4.69, 9.17) is 0 Å². The molecule has 0 amide bonds. The molecule has 0 bridgehead atoms. The van der Waals surface area contributed by atoms with Gasteiger partial charge in [-0.3, -0.25) is 4.68 Å². The Labute approximate surface area is 94.8 Å². The largest absolute Gasteiger partial charge is 0.272 e. The van der Waals surface area contributed by atoms with Gasteiger partial charge in [0.15, 0.2) is 0 Å². The summed E-state index contributed by atoms with van der Waals surface area (Å²) in [6.07, 6.45) is 2.11. The zero-order valence-corrected chi connectivity index (χ0v) is 11.0. The number of hydrogen-bond donors (Lipinski definition) is 0. The molecule has 0 aliphatic carbocycles. The average Bonchev–Trinajstić information content (AvgIpc) is 2.47. The molecule has 2 unspecified atom stereocenters. The topological polar surface area (TPSA) is 17.8 Å². The van der Waals surface area contributed by atoms with Crippen LogP contribution in [0.15, 0.2) is 6.07 Å². The summed E-state index contributed by atoms with van der Waals surface area (Å²) in [6, 6.07) is 2.21. The van der Waals surface area contributed by atoms with Crippen molar-refractivity contribution in [2.75, 3.05) is 0 Å². The Hall–Kier alpha value is -0.310. The Balaban J connectivity index is 2.71. The van der Waals surface area contributed by atoms with Crippen molar-refractivity contribution in [3.05, 3.63) is 17.5 Å². The molecule has 2 nitrogen and oxygen atoms in total. The van der Waals surface area contributed by atoms with Gasteiger partial charge in [0.25, 0.3) is 0 Å². The molecule has 1 aromatic rings. The van der Waals surface area contributed by atoms with E-state index in [1.54, 1.807) is 0 Å². The fourth-order valence-electron chi connectivity index (χ4n) is 1.43. The Kier molecular flexibility index (Phi) is 4.17. The summed E-state index contributed by atoms with van der Waals surface area (Å²) in [5, 5.41) is 4.44. The highest BCUT2D eigenvalue weighted by Gasteiger charge is 2.12. The highest BCUT2D eigenvalue weighted by molar-refractivity contribution is 9.09. The normalized spacial score (nSPS) is 15.5. The van der Waals surface area contributed by atoms with Crippen molar-refractivity contribution in [3.63, 3.8) is 0 Å². The minimum Gasteiger partial charge on any atom is -0.272 e. The molecule has 3 heteroatoms. The van der Waals surface area contributed by atoms with Crippen LogP contribution in [0, 0.1) is 5.92 Å². The molecule has 0 aliphatic rings. The fraction of sp³-hybridized carbons (Fsp3) is 0.727. The van der Waals surface area contributed by atoms with Crippen LogP contribution in [0.25, 0.3) is 0 Å². The molecule has 0 fully saturated rings. The molecule has 0 aliphatic heterocycles. The molecule has 0 aromatic carbocycles. The Morgan fingerprint density at radius 1 is 1.50 bits per heavy atom. The monoisotopic (exact) mass is 258 g/mol. The Morgan fingerprint density at radius 3 is 2.57 bits per heavy atom. The number of hydrogen-bond acceptors (Lipinski definition) is 1. The maximum Gasteiger partial charge on any atom is 0.0624 e. The molecule has 0 radical (unpaired) electrons. The Bertz CT molecular complexity index is 291. The molecule has 1 heterocycles. The summed E-state index contributed by atoms with van der Waals surface area (Å²) in [4.78, 5) is 0.558. The number of nitrogens with zero attached hydrogens (tertiary/aromatic N) is 2. The van der Waals surface area contributed by atoms with Gasteiger partial charge in [0, 0.05) is 17.6 Å². The van der Waals surface area contributed by atoms with Crippen LogP contribution in [0.4, 0.5) is 0 Å². The van der Waals surface area contributed by atoms with Crippen LogP contribution in [0.5, 0.6) is 0 Å². The van der Waals surface area contributed by atoms with E-state index in [9.17, 15) is 0 Å². The van der Waals surface area contributed by atoms with Crippen molar-refractivity contribution in [2.24, 2.45) is 13.0 Å². The van der Waals surface area contributed by atoms with Crippen molar-refractivity contribution in [1.29, 1.82) is 0 Å². The van der Waals surface area contributed by atoms with E-state index < -0.39 is 0 Å². The minimum absolute atomic E-state index is 0.558. The van der Waals surface area contributed by atoms with Gasteiger partial charge in [0.2, 0.25) is 0 Å². The summed E-state index contributed by atoms with van der Waals surface area (Å²) >= 11 is 3.62. The van der Waals surface area contributed by atoms with Crippen LogP contribution in [0.3, 0.4) is 0 Å². The van der Waals surface area contributed by atoms with Crippen LogP contribution < -0.4 is 0 Å². The van der Waals surface area contributed by atoms with E-state index in [-0.39, 0.29) is 0 Å². The van der Waals surface area contributed by atoms with Crippen molar-refractivity contribution < 1.29 is 0 Å². The smallest absolute Gasteiger partial charge is 0.0624 e.